The van der Waals surface area contributed by atoms with Gasteiger partial charge in [0.1, 0.15) is 0 Å². The largest absolute Gasteiger partial charge is 0.416 e. The molecular weight excluding hydrogens is 265 g/mol. The van der Waals surface area contributed by atoms with Gasteiger partial charge in [0.2, 0.25) is 0 Å². The molecule has 0 heterocycles. The van der Waals surface area contributed by atoms with Crippen molar-refractivity contribution in [3.05, 3.63) is 35.4 Å². The average molecular weight is 286 g/mol. The van der Waals surface area contributed by atoms with Crippen molar-refractivity contribution in [3.8, 4) is 0 Å². The van der Waals surface area contributed by atoms with Crippen molar-refractivity contribution >= 4 is 0 Å². The van der Waals surface area contributed by atoms with Crippen LogP contribution in [0.1, 0.15) is 36.9 Å². The van der Waals surface area contributed by atoms with E-state index in [0.717, 1.165) is 12.0 Å². The fraction of sp³-hybridized carbons (Fsp3) is 0.600. The molecule has 1 aromatic rings. The fourth-order valence-corrected chi connectivity index (χ4v) is 2.54. The van der Waals surface area contributed by atoms with Crippen LogP contribution in [0.3, 0.4) is 0 Å². The van der Waals surface area contributed by atoms with Crippen LogP contribution in [0.5, 0.6) is 0 Å². The van der Waals surface area contributed by atoms with E-state index >= 15 is 0 Å². The molecule has 0 radical (unpaired) electrons. The number of rotatable bonds is 6. The first-order chi connectivity index (χ1) is 9.43. The van der Waals surface area contributed by atoms with E-state index in [1.165, 1.54) is 25.0 Å². The number of nitrogens with two attached hydrogens (primary N) is 1. The van der Waals surface area contributed by atoms with Crippen molar-refractivity contribution in [3.63, 3.8) is 0 Å². The van der Waals surface area contributed by atoms with Gasteiger partial charge in [-0.3, -0.25) is 0 Å². The Morgan fingerprint density at radius 3 is 2.50 bits per heavy atom. The second kappa shape index (κ2) is 6.14. The number of nitrogens with one attached hydrogen (secondary N) is 1. The van der Waals surface area contributed by atoms with Crippen molar-refractivity contribution in [2.75, 3.05) is 13.1 Å². The Balaban J connectivity index is 2.10. The summed E-state index contributed by atoms with van der Waals surface area (Å²) in [6.07, 6.45) is -1.88. The van der Waals surface area contributed by atoms with Gasteiger partial charge in [-0.15, -0.1) is 0 Å². The summed E-state index contributed by atoms with van der Waals surface area (Å²) in [7, 11) is 0. The van der Waals surface area contributed by atoms with Gasteiger partial charge in [0.25, 0.3) is 0 Å². The molecular formula is C15H21F3N2. The Hall–Kier alpha value is -1.07. The molecule has 2 unspecified atom stereocenters. The molecule has 1 saturated carbocycles. The highest BCUT2D eigenvalue weighted by Gasteiger charge is 2.35. The molecule has 1 aromatic carbocycles. The van der Waals surface area contributed by atoms with E-state index in [4.69, 9.17) is 5.73 Å². The molecule has 2 rings (SSSR count). The van der Waals surface area contributed by atoms with Crippen LogP contribution >= 0.6 is 0 Å². The van der Waals surface area contributed by atoms with Gasteiger partial charge in [0.05, 0.1) is 5.56 Å². The zero-order valence-electron chi connectivity index (χ0n) is 11.6. The molecule has 112 valence electrons. The summed E-state index contributed by atoms with van der Waals surface area (Å²) >= 11 is 0. The normalized spacial score (nSPS) is 18.9. The van der Waals surface area contributed by atoms with E-state index in [-0.39, 0.29) is 12.1 Å². The summed E-state index contributed by atoms with van der Waals surface area (Å²) in [4.78, 5) is 0. The number of hydrogen-bond donors (Lipinski definition) is 2. The quantitative estimate of drug-likeness (QED) is 0.841. The van der Waals surface area contributed by atoms with E-state index in [2.05, 4.69) is 12.2 Å². The second-order valence-electron chi connectivity index (χ2n) is 5.60. The predicted molar refractivity (Wildman–Crippen MR) is 73.1 cm³/mol. The van der Waals surface area contributed by atoms with Crippen molar-refractivity contribution < 1.29 is 13.2 Å². The molecule has 20 heavy (non-hydrogen) atoms. The third kappa shape index (κ3) is 3.73. The molecule has 2 nitrogen and oxygen atoms in total. The van der Waals surface area contributed by atoms with Gasteiger partial charge < -0.3 is 11.1 Å². The van der Waals surface area contributed by atoms with Crippen molar-refractivity contribution in [1.82, 2.24) is 5.32 Å². The van der Waals surface area contributed by atoms with E-state index in [0.29, 0.717) is 12.5 Å². The molecule has 3 N–H and O–H groups in total. The van der Waals surface area contributed by atoms with Gasteiger partial charge in [-0.05, 0) is 42.9 Å². The molecule has 0 bridgehead atoms. The fourth-order valence-electron chi connectivity index (χ4n) is 2.54. The Morgan fingerprint density at radius 1 is 1.30 bits per heavy atom. The molecule has 0 aromatic heterocycles. The van der Waals surface area contributed by atoms with Crippen molar-refractivity contribution in [2.24, 2.45) is 17.6 Å². The zero-order chi connectivity index (χ0) is 14.8. The minimum absolute atomic E-state index is 0.157. The third-order valence-corrected chi connectivity index (χ3v) is 3.99. The van der Waals surface area contributed by atoms with Gasteiger partial charge in [0, 0.05) is 12.6 Å². The lowest BCUT2D eigenvalue weighted by Crippen LogP contribution is -2.33. The van der Waals surface area contributed by atoms with E-state index in [9.17, 15) is 13.2 Å². The Bertz CT molecular complexity index is 441. The van der Waals surface area contributed by atoms with Crippen LogP contribution in [-0.2, 0) is 6.18 Å². The summed E-state index contributed by atoms with van der Waals surface area (Å²) in [6.45, 7) is 3.00. The van der Waals surface area contributed by atoms with Crippen LogP contribution in [-0.4, -0.2) is 13.1 Å². The Labute approximate surface area is 117 Å². The molecule has 0 aliphatic heterocycles. The van der Waals surface area contributed by atoms with E-state index in [1.807, 2.05) is 0 Å². The van der Waals surface area contributed by atoms with Gasteiger partial charge in [0.15, 0.2) is 0 Å². The second-order valence-corrected chi connectivity index (χ2v) is 5.60. The highest BCUT2D eigenvalue weighted by atomic mass is 19.4. The first kappa shape index (κ1) is 15.3. The highest BCUT2D eigenvalue weighted by molar-refractivity contribution is 5.32. The summed E-state index contributed by atoms with van der Waals surface area (Å²) in [6, 6.07) is 5.21. The SMILES string of the molecule is CC(CNC(CN)c1ccccc1C(F)(F)F)C1CC1. The molecule has 5 heteroatoms. The van der Waals surface area contributed by atoms with Gasteiger partial charge in [-0.25, -0.2) is 0 Å². The number of hydrogen-bond acceptors (Lipinski definition) is 2. The van der Waals surface area contributed by atoms with Crippen LogP contribution < -0.4 is 11.1 Å². The van der Waals surface area contributed by atoms with Crippen molar-refractivity contribution in [2.45, 2.75) is 32.0 Å². The summed E-state index contributed by atoms with van der Waals surface area (Å²) in [5, 5.41) is 3.19. The number of benzene rings is 1. The maximum atomic E-state index is 13.0. The lowest BCUT2D eigenvalue weighted by atomic mass is 9.98. The Morgan fingerprint density at radius 2 is 1.95 bits per heavy atom. The van der Waals surface area contributed by atoms with Crippen LogP contribution in [0.15, 0.2) is 24.3 Å². The van der Waals surface area contributed by atoms with Crippen LogP contribution in [0.2, 0.25) is 0 Å². The van der Waals surface area contributed by atoms with Crippen LogP contribution in [0.4, 0.5) is 13.2 Å². The lowest BCUT2D eigenvalue weighted by Gasteiger charge is -2.23. The standard InChI is InChI=1S/C15H21F3N2/c1-10(11-6-7-11)9-20-14(8-19)12-4-2-3-5-13(12)15(16,17)18/h2-5,10-11,14,20H,6-9,19H2,1H3. The number of halogens is 3. The first-order valence-electron chi connectivity index (χ1n) is 7.03. The van der Waals surface area contributed by atoms with Crippen LogP contribution in [0, 0.1) is 11.8 Å². The van der Waals surface area contributed by atoms with Gasteiger partial charge in [-0.1, -0.05) is 25.1 Å². The smallest absolute Gasteiger partial charge is 0.329 e. The minimum Gasteiger partial charge on any atom is -0.329 e. The molecule has 0 amide bonds. The molecule has 0 saturated heterocycles. The molecule has 1 aliphatic rings. The maximum Gasteiger partial charge on any atom is 0.416 e. The summed E-state index contributed by atoms with van der Waals surface area (Å²) < 4.78 is 39.0. The average Bonchev–Trinajstić information content (AvgIpc) is 3.23. The summed E-state index contributed by atoms with van der Waals surface area (Å²) in [5.74, 6) is 1.21. The Kier molecular flexibility index (Phi) is 4.70. The molecule has 1 aliphatic carbocycles. The minimum atomic E-state index is -4.34. The highest BCUT2D eigenvalue weighted by Crippen LogP contribution is 2.37. The first-order valence-corrected chi connectivity index (χ1v) is 7.03. The molecule has 2 atom stereocenters. The van der Waals surface area contributed by atoms with E-state index in [1.54, 1.807) is 6.07 Å². The molecule has 0 spiro atoms. The zero-order valence-corrected chi connectivity index (χ0v) is 11.6. The third-order valence-electron chi connectivity index (χ3n) is 3.99. The lowest BCUT2D eigenvalue weighted by molar-refractivity contribution is -0.138. The van der Waals surface area contributed by atoms with Crippen LogP contribution in [0.25, 0.3) is 0 Å². The van der Waals surface area contributed by atoms with Gasteiger partial charge in [-0.2, -0.15) is 13.2 Å². The van der Waals surface area contributed by atoms with E-state index < -0.39 is 17.8 Å². The number of alkyl halides is 3. The summed E-state index contributed by atoms with van der Waals surface area (Å²) in [5.41, 5.74) is 5.31. The van der Waals surface area contributed by atoms with Crippen molar-refractivity contribution in [1.29, 1.82) is 0 Å². The van der Waals surface area contributed by atoms with Gasteiger partial charge >= 0.3 is 6.18 Å². The topological polar surface area (TPSA) is 38.0 Å². The predicted octanol–water partition coefficient (Wildman–Crippen LogP) is 3.34. The monoisotopic (exact) mass is 286 g/mol. The molecule has 1 fully saturated rings. The maximum absolute atomic E-state index is 13.0.